The summed E-state index contributed by atoms with van der Waals surface area (Å²) in [7, 11) is 0. The normalized spacial score (nSPS) is 15.0. The third kappa shape index (κ3) is 7.60. The van der Waals surface area contributed by atoms with Crippen LogP contribution < -0.4 is 16.0 Å². The van der Waals surface area contributed by atoms with Gasteiger partial charge in [0.2, 0.25) is 5.91 Å². The number of ether oxygens (including phenoxy) is 1. The van der Waals surface area contributed by atoms with E-state index in [1.807, 2.05) is 36.1 Å². The van der Waals surface area contributed by atoms with E-state index in [0.717, 1.165) is 56.8 Å². The first-order chi connectivity index (χ1) is 11.7. The number of hydrogen-bond donors (Lipinski definition) is 2. The molecule has 6 nitrogen and oxygen atoms in total. The number of benzene rings is 1. The Bertz CT molecular complexity index is 549. The van der Waals surface area contributed by atoms with Crippen LogP contribution in [0.25, 0.3) is 0 Å². The summed E-state index contributed by atoms with van der Waals surface area (Å²) >= 11 is 0. The number of amides is 1. The Hall–Kier alpha value is -1.35. The summed E-state index contributed by atoms with van der Waals surface area (Å²) in [6, 6.07) is 7.98. The quantitative estimate of drug-likeness (QED) is 0.271. The van der Waals surface area contributed by atoms with E-state index in [2.05, 4.69) is 10.3 Å². The maximum absolute atomic E-state index is 11.9. The monoisotopic (exact) mass is 460 g/mol. The molecule has 0 radical (unpaired) electrons. The number of piperidine rings is 1. The van der Waals surface area contributed by atoms with Crippen LogP contribution >= 0.6 is 24.0 Å². The molecule has 1 fully saturated rings. The van der Waals surface area contributed by atoms with E-state index in [4.69, 9.17) is 10.5 Å². The summed E-state index contributed by atoms with van der Waals surface area (Å²) in [6.07, 6.45) is 3.63. The van der Waals surface area contributed by atoms with Gasteiger partial charge in [0.05, 0.1) is 6.54 Å². The molecule has 0 spiro atoms. The standard InChI is InChI=1S/C18H28N4O2.HI/c1-2-24-13-5-11-20-18(19)21-14-15-7-9-16(10-8-15)22-12-4-3-6-17(22)23;/h7-10H,2-6,11-14H2,1H3,(H3,19,20,21);1H. The topological polar surface area (TPSA) is 80.0 Å². The molecular weight excluding hydrogens is 431 g/mol. The molecule has 2 rings (SSSR count). The SMILES string of the molecule is CCOCCCNC(N)=NCc1ccc(N2CCCCC2=O)cc1.I. The number of carbonyl (C=O) groups excluding carboxylic acids is 1. The van der Waals surface area contributed by atoms with Gasteiger partial charge in [-0.15, -0.1) is 24.0 Å². The van der Waals surface area contributed by atoms with Gasteiger partial charge in [-0.2, -0.15) is 0 Å². The molecular formula is C18H29IN4O2. The lowest BCUT2D eigenvalue weighted by molar-refractivity contribution is -0.119. The van der Waals surface area contributed by atoms with Crippen molar-refractivity contribution in [3.8, 4) is 0 Å². The zero-order valence-corrected chi connectivity index (χ0v) is 17.2. The van der Waals surface area contributed by atoms with Crippen molar-refractivity contribution in [2.24, 2.45) is 10.7 Å². The highest BCUT2D eigenvalue weighted by Crippen LogP contribution is 2.21. The second-order valence-corrected chi connectivity index (χ2v) is 5.85. The van der Waals surface area contributed by atoms with Gasteiger partial charge in [0.1, 0.15) is 0 Å². The van der Waals surface area contributed by atoms with Crippen molar-refractivity contribution in [2.45, 2.75) is 39.2 Å². The Balaban J connectivity index is 0.00000312. The van der Waals surface area contributed by atoms with E-state index in [9.17, 15) is 4.79 Å². The number of hydrogen-bond acceptors (Lipinski definition) is 3. The molecule has 0 unspecified atom stereocenters. The Labute approximate surface area is 167 Å². The van der Waals surface area contributed by atoms with Crippen LogP contribution in [0.3, 0.4) is 0 Å². The lowest BCUT2D eigenvalue weighted by Gasteiger charge is -2.26. The number of carbonyl (C=O) groups is 1. The number of anilines is 1. The number of nitrogens with two attached hydrogens (primary N) is 1. The van der Waals surface area contributed by atoms with E-state index < -0.39 is 0 Å². The minimum Gasteiger partial charge on any atom is -0.382 e. The third-order valence-corrected chi connectivity index (χ3v) is 3.98. The minimum atomic E-state index is 0. The van der Waals surface area contributed by atoms with Crippen LogP contribution in [-0.2, 0) is 16.1 Å². The molecule has 1 aromatic rings. The van der Waals surface area contributed by atoms with Crippen LogP contribution in [0.5, 0.6) is 0 Å². The highest BCUT2D eigenvalue weighted by atomic mass is 127. The van der Waals surface area contributed by atoms with Gasteiger partial charge in [-0.3, -0.25) is 4.79 Å². The molecule has 1 saturated heterocycles. The second kappa shape index (κ2) is 12.1. The van der Waals surface area contributed by atoms with Crippen molar-refractivity contribution in [2.75, 3.05) is 31.2 Å². The maximum atomic E-state index is 11.9. The maximum Gasteiger partial charge on any atom is 0.226 e. The smallest absolute Gasteiger partial charge is 0.226 e. The molecule has 0 atom stereocenters. The van der Waals surface area contributed by atoms with E-state index >= 15 is 0 Å². The van der Waals surface area contributed by atoms with Gasteiger partial charge in [-0.1, -0.05) is 12.1 Å². The number of guanidine groups is 1. The molecule has 1 amide bonds. The summed E-state index contributed by atoms with van der Waals surface area (Å²) < 4.78 is 5.26. The fourth-order valence-electron chi connectivity index (χ4n) is 2.63. The predicted molar refractivity (Wildman–Crippen MR) is 113 cm³/mol. The second-order valence-electron chi connectivity index (χ2n) is 5.85. The van der Waals surface area contributed by atoms with Crippen LogP contribution in [0.1, 0.15) is 38.2 Å². The van der Waals surface area contributed by atoms with Crippen molar-refractivity contribution >= 4 is 41.5 Å². The van der Waals surface area contributed by atoms with E-state index in [1.165, 1.54) is 0 Å². The summed E-state index contributed by atoms with van der Waals surface area (Å²) in [4.78, 5) is 18.1. The van der Waals surface area contributed by atoms with E-state index in [1.54, 1.807) is 0 Å². The predicted octanol–water partition coefficient (Wildman–Crippen LogP) is 2.65. The van der Waals surface area contributed by atoms with Crippen molar-refractivity contribution < 1.29 is 9.53 Å². The van der Waals surface area contributed by atoms with Crippen LogP contribution in [0.2, 0.25) is 0 Å². The highest BCUT2D eigenvalue weighted by molar-refractivity contribution is 14.0. The molecule has 7 heteroatoms. The fourth-order valence-corrected chi connectivity index (χ4v) is 2.63. The molecule has 1 aromatic carbocycles. The average Bonchev–Trinajstić information content (AvgIpc) is 2.61. The lowest BCUT2D eigenvalue weighted by Crippen LogP contribution is -2.35. The zero-order chi connectivity index (χ0) is 17.2. The highest BCUT2D eigenvalue weighted by Gasteiger charge is 2.19. The molecule has 140 valence electrons. The van der Waals surface area contributed by atoms with E-state index in [-0.39, 0.29) is 29.9 Å². The third-order valence-electron chi connectivity index (χ3n) is 3.98. The van der Waals surface area contributed by atoms with Gasteiger partial charge in [-0.05, 0) is 43.9 Å². The number of nitrogens with one attached hydrogen (secondary N) is 1. The van der Waals surface area contributed by atoms with Gasteiger partial charge in [0.25, 0.3) is 0 Å². The summed E-state index contributed by atoms with van der Waals surface area (Å²) in [6.45, 7) is 5.55. The van der Waals surface area contributed by atoms with Crippen molar-refractivity contribution in [1.29, 1.82) is 0 Å². The van der Waals surface area contributed by atoms with Gasteiger partial charge < -0.3 is 20.7 Å². The first kappa shape index (κ1) is 21.7. The Kier molecular flexibility index (Phi) is 10.5. The first-order valence-electron chi connectivity index (χ1n) is 8.71. The molecule has 25 heavy (non-hydrogen) atoms. The Morgan fingerprint density at radius 1 is 1.32 bits per heavy atom. The first-order valence-corrected chi connectivity index (χ1v) is 8.71. The average molecular weight is 460 g/mol. The molecule has 1 heterocycles. The van der Waals surface area contributed by atoms with Crippen molar-refractivity contribution in [3.63, 3.8) is 0 Å². The molecule has 3 N–H and O–H groups in total. The van der Waals surface area contributed by atoms with Crippen molar-refractivity contribution in [1.82, 2.24) is 5.32 Å². The molecule has 0 aromatic heterocycles. The van der Waals surface area contributed by atoms with Gasteiger partial charge >= 0.3 is 0 Å². The number of aliphatic imine (C=N–C) groups is 1. The lowest BCUT2D eigenvalue weighted by atomic mass is 10.1. The van der Waals surface area contributed by atoms with Crippen molar-refractivity contribution in [3.05, 3.63) is 29.8 Å². The molecule has 1 aliphatic rings. The largest absolute Gasteiger partial charge is 0.382 e. The Morgan fingerprint density at radius 3 is 2.76 bits per heavy atom. The van der Waals surface area contributed by atoms with Gasteiger partial charge in [0, 0.05) is 38.4 Å². The van der Waals surface area contributed by atoms with Crippen LogP contribution in [0.4, 0.5) is 5.69 Å². The zero-order valence-electron chi connectivity index (χ0n) is 14.9. The molecule has 0 bridgehead atoms. The minimum absolute atomic E-state index is 0. The van der Waals surface area contributed by atoms with Gasteiger partial charge in [0.15, 0.2) is 5.96 Å². The Morgan fingerprint density at radius 2 is 2.08 bits per heavy atom. The number of halogens is 1. The van der Waals surface area contributed by atoms with Crippen LogP contribution in [0, 0.1) is 0 Å². The van der Waals surface area contributed by atoms with Gasteiger partial charge in [-0.25, -0.2) is 4.99 Å². The van der Waals surface area contributed by atoms with Crippen LogP contribution in [0.15, 0.2) is 29.3 Å². The van der Waals surface area contributed by atoms with E-state index in [0.29, 0.717) is 18.9 Å². The summed E-state index contributed by atoms with van der Waals surface area (Å²) in [5.41, 5.74) is 7.89. The summed E-state index contributed by atoms with van der Waals surface area (Å²) in [5.74, 6) is 0.661. The van der Waals surface area contributed by atoms with Crippen LogP contribution in [-0.4, -0.2) is 38.2 Å². The molecule has 0 saturated carbocycles. The summed E-state index contributed by atoms with van der Waals surface area (Å²) in [5, 5.41) is 3.08. The number of rotatable bonds is 8. The number of nitrogens with zero attached hydrogens (tertiary/aromatic N) is 2. The fraction of sp³-hybridized carbons (Fsp3) is 0.556. The molecule has 0 aliphatic carbocycles. The molecule has 1 aliphatic heterocycles.